The molecule has 5 aliphatic rings. The Kier molecular flexibility index (Phi) is 0.938. The number of rotatable bonds is 0. The minimum atomic E-state index is 0.0784. The Labute approximate surface area is 77.0 Å². The lowest BCUT2D eigenvalue weighted by molar-refractivity contribution is -0.142. The van der Waals surface area contributed by atoms with Gasteiger partial charge in [-0.25, -0.2) is 0 Å². The van der Waals surface area contributed by atoms with Crippen molar-refractivity contribution in [2.75, 3.05) is 6.61 Å². The Hall–Kier alpha value is -0.790. The highest BCUT2D eigenvalue weighted by Crippen LogP contribution is 2.64. The van der Waals surface area contributed by atoms with Crippen LogP contribution >= 0.6 is 0 Å². The van der Waals surface area contributed by atoms with Crippen LogP contribution in [0.15, 0.2) is 12.2 Å². The molecule has 6 unspecified atom stereocenters. The van der Waals surface area contributed by atoms with Crippen LogP contribution in [0, 0.1) is 35.5 Å². The lowest BCUT2D eigenvalue weighted by Gasteiger charge is -2.37. The SMILES string of the molecule is O=C1OCC2C3C=CC(C4CC34)C12. The summed E-state index contributed by atoms with van der Waals surface area (Å²) >= 11 is 0. The van der Waals surface area contributed by atoms with E-state index in [-0.39, 0.29) is 11.9 Å². The van der Waals surface area contributed by atoms with Crippen LogP contribution in [0.3, 0.4) is 0 Å². The molecule has 13 heavy (non-hydrogen) atoms. The smallest absolute Gasteiger partial charge is 0.309 e. The number of esters is 1. The Morgan fingerprint density at radius 3 is 2.85 bits per heavy atom. The molecule has 0 N–H and O–H groups in total. The van der Waals surface area contributed by atoms with Crippen LogP contribution in [0.4, 0.5) is 0 Å². The molecule has 0 aromatic carbocycles. The zero-order valence-electron chi connectivity index (χ0n) is 7.35. The van der Waals surface area contributed by atoms with Gasteiger partial charge in [-0.3, -0.25) is 4.79 Å². The zero-order chi connectivity index (χ0) is 8.58. The van der Waals surface area contributed by atoms with Gasteiger partial charge >= 0.3 is 5.97 Å². The van der Waals surface area contributed by atoms with E-state index in [1.807, 2.05) is 0 Å². The Balaban J connectivity index is 1.85. The highest BCUT2D eigenvalue weighted by atomic mass is 16.5. The fourth-order valence-corrected chi connectivity index (χ4v) is 3.86. The van der Waals surface area contributed by atoms with Crippen molar-refractivity contribution in [1.29, 1.82) is 0 Å². The minimum Gasteiger partial charge on any atom is -0.465 e. The van der Waals surface area contributed by atoms with Gasteiger partial charge in [-0.05, 0) is 30.1 Å². The lowest BCUT2D eigenvalue weighted by Crippen LogP contribution is -2.39. The Morgan fingerprint density at radius 2 is 1.92 bits per heavy atom. The molecule has 0 aromatic rings. The van der Waals surface area contributed by atoms with Crippen LogP contribution in [0.2, 0.25) is 0 Å². The molecule has 4 aliphatic carbocycles. The first-order valence-corrected chi connectivity index (χ1v) is 5.21. The van der Waals surface area contributed by atoms with Crippen LogP contribution in [0.1, 0.15) is 6.42 Å². The Morgan fingerprint density at radius 1 is 1.15 bits per heavy atom. The van der Waals surface area contributed by atoms with Crippen LogP contribution in [0.25, 0.3) is 0 Å². The van der Waals surface area contributed by atoms with Crippen molar-refractivity contribution in [3.63, 3.8) is 0 Å². The first-order chi connectivity index (χ1) is 6.36. The predicted molar refractivity (Wildman–Crippen MR) is 45.7 cm³/mol. The molecule has 0 spiro atoms. The first-order valence-electron chi connectivity index (χ1n) is 5.21. The normalized spacial score (nSPS) is 60.2. The summed E-state index contributed by atoms with van der Waals surface area (Å²) < 4.78 is 5.17. The van der Waals surface area contributed by atoms with E-state index in [1.165, 1.54) is 6.42 Å². The van der Waals surface area contributed by atoms with E-state index < -0.39 is 0 Å². The maximum Gasteiger partial charge on any atom is 0.309 e. The fraction of sp³-hybridized carbons (Fsp3) is 0.727. The van der Waals surface area contributed by atoms with E-state index in [2.05, 4.69) is 12.2 Å². The third-order valence-corrected chi connectivity index (χ3v) is 4.50. The van der Waals surface area contributed by atoms with Crippen molar-refractivity contribution in [3.05, 3.63) is 12.2 Å². The van der Waals surface area contributed by atoms with E-state index in [4.69, 9.17) is 4.74 Å². The summed E-state index contributed by atoms with van der Waals surface area (Å²) in [5.74, 6) is 3.80. The average Bonchev–Trinajstić information content (AvgIpc) is 2.88. The van der Waals surface area contributed by atoms with E-state index in [0.717, 1.165) is 11.8 Å². The van der Waals surface area contributed by atoms with Crippen molar-refractivity contribution in [2.45, 2.75) is 6.42 Å². The lowest BCUT2D eigenvalue weighted by atomic mass is 9.63. The van der Waals surface area contributed by atoms with E-state index in [0.29, 0.717) is 24.4 Å². The van der Waals surface area contributed by atoms with Crippen LogP contribution in [-0.4, -0.2) is 12.6 Å². The minimum absolute atomic E-state index is 0.0784. The summed E-state index contributed by atoms with van der Waals surface area (Å²) in [6, 6.07) is 0. The van der Waals surface area contributed by atoms with Gasteiger partial charge in [0.1, 0.15) is 0 Å². The number of ether oxygens (including phenoxy) is 1. The molecule has 68 valence electrons. The fourth-order valence-electron chi connectivity index (χ4n) is 3.86. The second kappa shape index (κ2) is 1.84. The third kappa shape index (κ3) is 0.618. The number of hydrogen-bond acceptors (Lipinski definition) is 2. The van der Waals surface area contributed by atoms with Crippen LogP contribution in [0.5, 0.6) is 0 Å². The molecule has 1 saturated heterocycles. The molecule has 2 heteroatoms. The van der Waals surface area contributed by atoms with Gasteiger partial charge in [0.05, 0.1) is 12.5 Å². The molecule has 1 heterocycles. The highest BCUT2D eigenvalue weighted by Gasteiger charge is 2.63. The second-order valence-electron chi connectivity index (χ2n) is 4.92. The summed E-state index contributed by atoms with van der Waals surface area (Å²) in [7, 11) is 0. The number of hydrogen-bond donors (Lipinski definition) is 0. The maximum absolute atomic E-state index is 11.5. The third-order valence-electron chi connectivity index (χ3n) is 4.50. The number of carbonyl (C=O) groups is 1. The van der Waals surface area contributed by atoms with Crippen molar-refractivity contribution >= 4 is 5.97 Å². The summed E-state index contributed by atoms with van der Waals surface area (Å²) in [5.41, 5.74) is 0. The molecule has 2 nitrogen and oxygen atoms in total. The molecule has 0 radical (unpaired) electrons. The summed E-state index contributed by atoms with van der Waals surface area (Å²) in [5, 5.41) is 0. The van der Waals surface area contributed by atoms with Gasteiger partial charge < -0.3 is 4.74 Å². The van der Waals surface area contributed by atoms with Gasteiger partial charge in [-0.1, -0.05) is 12.2 Å². The molecule has 2 saturated carbocycles. The summed E-state index contributed by atoms with van der Waals surface area (Å²) in [6.07, 6.45) is 6.00. The second-order valence-corrected chi connectivity index (χ2v) is 4.92. The van der Waals surface area contributed by atoms with Gasteiger partial charge in [0.15, 0.2) is 0 Å². The monoisotopic (exact) mass is 176 g/mol. The molecule has 1 aliphatic heterocycles. The Bertz CT molecular complexity index is 320. The van der Waals surface area contributed by atoms with Crippen molar-refractivity contribution in [1.82, 2.24) is 0 Å². The molecule has 2 bridgehead atoms. The highest BCUT2D eigenvalue weighted by molar-refractivity contribution is 5.76. The molecule has 5 rings (SSSR count). The number of cyclic esters (lactones) is 1. The van der Waals surface area contributed by atoms with E-state index in [9.17, 15) is 4.79 Å². The summed E-state index contributed by atoms with van der Waals surface area (Å²) in [4.78, 5) is 11.5. The van der Waals surface area contributed by atoms with Gasteiger partial charge in [-0.15, -0.1) is 0 Å². The largest absolute Gasteiger partial charge is 0.465 e. The zero-order valence-corrected chi connectivity index (χ0v) is 7.35. The summed E-state index contributed by atoms with van der Waals surface area (Å²) in [6.45, 7) is 0.693. The van der Waals surface area contributed by atoms with Gasteiger partial charge in [0.2, 0.25) is 0 Å². The molecule has 0 amide bonds. The molecule has 6 atom stereocenters. The van der Waals surface area contributed by atoms with Gasteiger partial charge in [0, 0.05) is 5.92 Å². The number of carbonyl (C=O) groups excluding carboxylic acids is 1. The first kappa shape index (κ1) is 6.63. The van der Waals surface area contributed by atoms with E-state index >= 15 is 0 Å². The standard InChI is InChI=1S/C11H12O2/c12-11-10-6-2-1-5(7-3-8(6)7)9(10)4-13-11/h1-2,5-10H,3-4H2. The van der Waals surface area contributed by atoms with Gasteiger partial charge in [-0.2, -0.15) is 0 Å². The number of allylic oxidation sites excluding steroid dienone is 2. The quantitative estimate of drug-likeness (QED) is 0.410. The van der Waals surface area contributed by atoms with Crippen molar-refractivity contribution in [3.8, 4) is 0 Å². The molecular formula is C11H12O2. The van der Waals surface area contributed by atoms with Crippen LogP contribution in [-0.2, 0) is 9.53 Å². The van der Waals surface area contributed by atoms with Gasteiger partial charge in [0.25, 0.3) is 0 Å². The predicted octanol–water partition coefficient (Wildman–Crippen LogP) is 1.23. The maximum atomic E-state index is 11.5. The van der Waals surface area contributed by atoms with Crippen molar-refractivity contribution < 1.29 is 9.53 Å². The molecular weight excluding hydrogens is 164 g/mol. The topological polar surface area (TPSA) is 26.3 Å². The van der Waals surface area contributed by atoms with E-state index in [1.54, 1.807) is 0 Å². The van der Waals surface area contributed by atoms with Crippen molar-refractivity contribution in [2.24, 2.45) is 35.5 Å². The molecule has 3 fully saturated rings. The van der Waals surface area contributed by atoms with Crippen LogP contribution < -0.4 is 0 Å². The average molecular weight is 176 g/mol. The molecule has 0 aromatic heterocycles.